The van der Waals surface area contributed by atoms with E-state index >= 15 is 0 Å². The van der Waals surface area contributed by atoms with E-state index in [1.54, 1.807) is 18.2 Å². The van der Waals surface area contributed by atoms with Gasteiger partial charge in [0.15, 0.2) is 0 Å². The molecule has 110 valence electrons. The number of esters is 1. The van der Waals surface area contributed by atoms with Crippen LogP contribution in [0.2, 0.25) is 0 Å². The average Bonchev–Trinajstić information content (AvgIpc) is 2.38. The highest BCUT2D eigenvalue weighted by Crippen LogP contribution is 2.41. The highest BCUT2D eigenvalue weighted by Gasteiger charge is 2.41. The normalized spacial score (nSPS) is 26.5. The molecule has 0 heterocycles. The van der Waals surface area contributed by atoms with E-state index in [1.165, 1.54) is 12.5 Å². The molecule has 1 N–H and O–H groups in total. The number of phenolic OH excluding ortho intramolecular Hbond substituents is 1. The van der Waals surface area contributed by atoms with Gasteiger partial charge in [0.05, 0.1) is 0 Å². The third-order valence-electron chi connectivity index (χ3n) is 4.48. The van der Waals surface area contributed by atoms with Crippen LogP contribution < -0.4 is 0 Å². The molecule has 0 radical (unpaired) electrons. The van der Waals surface area contributed by atoms with E-state index in [9.17, 15) is 9.90 Å². The summed E-state index contributed by atoms with van der Waals surface area (Å²) < 4.78 is 5.82. The lowest BCUT2D eigenvalue weighted by Crippen LogP contribution is -2.44. The molecule has 1 fully saturated rings. The maximum Gasteiger partial charge on any atom is 0.342 e. The van der Waals surface area contributed by atoms with Crippen LogP contribution in [0.1, 0.15) is 56.8 Å². The van der Waals surface area contributed by atoms with Gasteiger partial charge in [-0.05, 0) is 44.2 Å². The van der Waals surface area contributed by atoms with Crippen molar-refractivity contribution >= 4 is 5.97 Å². The van der Waals surface area contributed by atoms with Crippen molar-refractivity contribution in [3.05, 3.63) is 29.8 Å². The van der Waals surface area contributed by atoms with Gasteiger partial charge in [-0.3, -0.25) is 0 Å². The smallest absolute Gasteiger partial charge is 0.342 e. The molecule has 1 saturated carbocycles. The first-order valence-corrected chi connectivity index (χ1v) is 7.45. The molecule has 0 saturated heterocycles. The summed E-state index contributed by atoms with van der Waals surface area (Å²) in [5, 5.41) is 9.77. The van der Waals surface area contributed by atoms with Crippen molar-refractivity contribution in [3.8, 4) is 5.75 Å². The fourth-order valence-corrected chi connectivity index (χ4v) is 3.41. The molecule has 0 aliphatic heterocycles. The van der Waals surface area contributed by atoms with Crippen LogP contribution in [0, 0.1) is 11.8 Å². The van der Waals surface area contributed by atoms with Crippen molar-refractivity contribution in [1.82, 2.24) is 0 Å². The lowest BCUT2D eigenvalue weighted by molar-refractivity contribution is -0.0727. The van der Waals surface area contributed by atoms with Gasteiger partial charge in [-0.25, -0.2) is 4.79 Å². The minimum Gasteiger partial charge on any atom is -0.507 e. The highest BCUT2D eigenvalue weighted by molar-refractivity contribution is 5.92. The predicted octanol–water partition coefficient (Wildman–Crippen LogP) is 4.15. The van der Waals surface area contributed by atoms with Gasteiger partial charge in [-0.15, -0.1) is 0 Å². The molecule has 0 spiro atoms. The van der Waals surface area contributed by atoms with Crippen LogP contribution >= 0.6 is 0 Å². The van der Waals surface area contributed by atoms with Crippen molar-refractivity contribution < 1.29 is 14.6 Å². The Labute approximate surface area is 121 Å². The Morgan fingerprint density at radius 2 is 2.05 bits per heavy atom. The molecule has 1 aliphatic carbocycles. The molecule has 3 nitrogen and oxygen atoms in total. The number of hydrogen-bond acceptors (Lipinski definition) is 3. The number of hydrogen-bond donors (Lipinski definition) is 1. The van der Waals surface area contributed by atoms with E-state index in [4.69, 9.17) is 4.74 Å². The summed E-state index contributed by atoms with van der Waals surface area (Å²) in [6, 6.07) is 6.55. The third kappa shape index (κ3) is 2.97. The second kappa shape index (κ2) is 5.86. The zero-order valence-electron chi connectivity index (χ0n) is 12.6. The van der Waals surface area contributed by atoms with Gasteiger partial charge < -0.3 is 9.84 Å². The molecule has 1 aliphatic rings. The van der Waals surface area contributed by atoms with Crippen LogP contribution in [0.3, 0.4) is 0 Å². The molecule has 0 bridgehead atoms. The minimum atomic E-state index is -0.425. The zero-order chi connectivity index (χ0) is 14.8. The number of aromatic hydroxyl groups is 1. The SMILES string of the molecule is CC(C)C1CCCCC1(C)OC(=O)c1ccccc1O. The van der Waals surface area contributed by atoms with Crippen molar-refractivity contribution in [2.45, 2.75) is 52.1 Å². The minimum absolute atomic E-state index is 0.0157. The Bertz CT molecular complexity index is 481. The average molecular weight is 276 g/mol. The van der Waals surface area contributed by atoms with E-state index in [1.807, 2.05) is 6.92 Å². The summed E-state index contributed by atoms with van der Waals surface area (Å²) in [5.74, 6) is 0.430. The van der Waals surface area contributed by atoms with Crippen molar-refractivity contribution in [2.24, 2.45) is 11.8 Å². The number of benzene rings is 1. The zero-order valence-corrected chi connectivity index (χ0v) is 12.6. The van der Waals surface area contributed by atoms with Gasteiger partial charge in [-0.2, -0.15) is 0 Å². The van der Waals surface area contributed by atoms with Crippen LogP contribution in [0.15, 0.2) is 24.3 Å². The van der Waals surface area contributed by atoms with E-state index < -0.39 is 11.6 Å². The number of ether oxygens (including phenoxy) is 1. The highest BCUT2D eigenvalue weighted by atomic mass is 16.6. The Morgan fingerprint density at radius 3 is 2.70 bits per heavy atom. The molecule has 2 atom stereocenters. The Balaban J connectivity index is 2.18. The van der Waals surface area contributed by atoms with Gasteiger partial charge in [-0.1, -0.05) is 32.4 Å². The maximum atomic E-state index is 12.3. The Hall–Kier alpha value is -1.51. The van der Waals surface area contributed by atoms with E-state index in [0.717, 1.165) is 19.3 Å². The van der Waals surface area contributed by atoms with Gasteiger partial charge in [0.1, 0.15) is 16.9 Å². The monoisotopic (exact) mass is 276 g/mol. The van der Waals surface area contributed by atoms with E-state index in [-0.39, 0.29) is 11.3 Å². The number of para-hydroxylation sites is 1. The summed E-state index contributed by atoms with van der Waals surface area (Å²) in [5.41, 5.74) is -0.173. The van der Waals surface area contributed by atoms with Gasteiger partial charge >= 0.3 is 5.97 Å². The summed E-state index contributed by atoms with van der Waals surface area (Å²) in [7, 11) is 0. The molecule has 0 aromatic heterocycles. The van der Waals surface area contributed by atoms with Crippen molar-refractivity contribution in [1.29, 1.82) is 0 Å². The van der Waals surface area contributed by atoms with Crippen LogP contribution in [0.5, 0.6) is 5.75 Å². The second-order valence-electron chi connectivity index (χ2n) is 6.32. The summed E-state index contributed by atoms with van der Waals surface area (Å²) in [6.45, 7) is 6.40. The number of carbonyl (C=O) groups is 1. The largest absolute Gasteiger partial charge is 0.507 e. The molecule has 3 heteroatoms. The third-order valence-corrected chi connectivity index (χ3v) is 4.48. The summed E-state index contributed by atoms with van der Waals surface area (Å²) >= 11 is 0. The standard InChI is InChI=1S/C17H24O3/c1-12(2)14-9-6-7-11-17(14,3)20-16(19)13-8-4-5-10-15(13)18/h4-5,8,10,12,14,18H,6-7,9,11H2,1-3H3. The molecule has 2 unspecified atom stereocenters. The van der Waals surface area contributed by atoms with Crippen LogP contribution in [0.25, 0.3) is 0 Å². The first kappa shape index (κ1) is 14.9. The van der Waals surface area contributed by atoms with Crippen molar-refractivity contribution in [3.63, 3.8) is 0 Å². The van der Waals surface area contributed by atoms with Crippen molar-refractivity contribution in [2.75, 3.05) is 0 Å². The first-order valence-electron chi connectivity index (χ1n) is 7.45. The van der Waals surface area contributed by atoms with E-state index in [0.29, 0.717) is 11.8 Å². The van der Waals surface area contributed by atoms with Gasteiger partial charge in [0.25, 0.3) is 0 Å². The Morgan fingerprint density at radius 1 is 1.35 bits per heavy atom. The van der Waals surface area contributed by atoms with E-state index in [2.05, 4.69) is 13.8 Å². The molecule has 0 amide bonds. The summed E-state index contributed by atoms with van der Waals surface area (Å²) in [6.07, 6.45) is 4.29. The van der Waals surface area contributed by atoms with Gasteiger partial charge in [0.2, 0.25) is 0 Å². The fourth-order valence-electron chi connectivity index (χ4n) is 3.41. The Kier molecular flexibility index (Phi) is 4.36. The molecule has 1 aromatic rings. The molecular weight excluding hydrogens is 252 g/mol. The van der Waals surface area contributed by atoms with Crippen LogP contribution in [-0.4, -0.2) is 16.7 Å². The molecule has 2 rings (SSSR count). The second-order valence-corrected chi connectivity index (χ2v) is 6.32. The number of phenols is 1. The fraction of sp³-hybridized carbons (Fsp3) is 0.588. The van der Waals surface area contributed by atoms with Gasteiger partial charge in [0, 0.05) is 5.92 Å². The molecule has 20 heavy (non-hydrogen) atoms. The first-order chi connectivity index (χ1) is 9.44. The number of carbonyl (C=O) groups excluding carboxylic acids is 1. The van der Waals surface area contributed by atoms with Crippen LogP contribution in [0.4, 0.5) is 0 Å². The number of rotatable bonds is 3. The predicted molar refractivity (Wildman–Crippen MR) is 78.7 cm³/mol. The molecular formula is C17H24O3. The maximum absolute atomic E-state index is 12.3. The lowest BCUT2D eigenvalue weighted by Gasteiger charge is -2.43. The lowest BCUT2D eigenvalue weighted by atomic mass is 9.71. The topological polar surface area (TPSA) is 46.5 Å². The van der Waals surface area contributed by atoms with Crippen LogP contribution in [-0.2, 0) is 4.74 Å². The molecule has 1 aromatic carbocycles. The summed E-state index contributed by atoms with van der Waals surface area (Å²) in [4.78, 5) is 12.3. The quantitative estimate of drug-likeness (QED) is 0.843.